The van der Waals surface area contributed by atoms with Crippen molar-refractivity contribution < 1.29 is 43.0 Å². The summed E-state index contributed by atoms with van der Waals surface area (Å²) in [4.78, 5) is 100. The van der Waals surface area contributed by atoms with E-state index in [1.54, 1.807) is 67.4 Å². The van der Waals surface area contributed by atoms with E-state index in [2.05, 4.69) is 79.0 Å². The molecule has 0 radical (unpaired) electrons. The van der Waals surface area contributed by atoms with E-state index in [9.17, 15) is 28.8 Å². The van der Waals surface area contributed by atoms with Crippen LogP contribution in [0.4, 0.5) is 14.4 Å². The number of nitrogens with zero attached hydrogens (tertiary/aromatic N) is 5. The lowest BCUT2D eigenvalue weighted by Gasteiger charge is -2.29. The van der Waals surface area contributed by atoms with Crippen molar-refractivity contribution in [3.63, 3.8) is 0 Å². The minimum atomic E-state index is -0.981. The fourth-order valence-electron chi connectivity index (χ4n) is 12.0. The van der Waals surface area contributed by atoms with Crippen molar-refractivity contribution in [2.45, 2.75) is 122 Å². The number of benzene rings is 6. The summed E-state index contributed by atoms with van der Waals surface area (Å²) in [5, 5.41) is 8.33. The molecular weight excluding hydrogens is 1260 g/mol. The van der Waals surface area contributed by atoms with E-state index >= 15 is 0 Å². The van der Waals surface area contributed by atoms with E-state index in [0.717, 1.165) is 94.3 Å². The summed E-state index contributed by atoms with van der Waals surface area (Å²) in [5.74, 6) is -0.575. The van der Waals surface area contributed by atoms with Crippen LogP contribution in [0.15, 0.2) is 181 Å². The van der Waals surface area contributed by atoms with E-state index < -0.39 is 30.3 Å². The molecule has 12 rings (SSSR count). The molecule has 0 saturated carbocycles. The summed E-state index contributed by atoms with van der Waals surface area (Å²) in [6.45, 7) is 9.02. The normalized spacial score (nSPS) is 16.9. The maximum Gasteiger partial charge on any atom is 0.410 e. The van der Waals surface area contributed by atoms with Gasteiger partial charge in [-0.25, -0.2) is 24.4 Å². The maximum absolute atomic E-state index is 14.1. The zero-order valence-electron chi connectivity index (χ0n) is 51.7. The summed E-state index contributed by atoms with van der Waals surface area (Å²) < 4.78 is 17.2. The molecule has 474 valence electrons. The number of H-pyrrole nitrogens is 1. The van der Waals surface area contributed by atoms with Crippen molar-refractivity contribution in [2.75, 3.05) is 19.6 Å². The second-order valence-electron chi connectivity index (χ2n) is 23.6. The van der Waals surface area contributed by atoms with Gasteiger partial charge in [0.2, 0.25) is 0 Å². The molecule has 0 spiro atoms. The number of fused-ring (bicyclic) bond motifs is 1. The Labute approximate surface area is 551 Å². The van der Waals surface area contributed by atoms with Crippen LogP contribution >= 0.6 is 38.6 Å². The van der Waals surface area contributed by atoms with Gasteiger partial charge in [-0.1, -0.05) is 149 Å². The van der Waals surface area contributed by atoms with Gasteiger partial charge in [0.1, 0.15) is 28.7 Å². The van der Waals surface area contributed by atoms with Crippen molar-refractivity contribution in [3.05, 3.63) is 213 Å². The summed E-state index contributed by atoms with van der Waals surface area (Å²) in [7, 11) is 0. The number of Topliss-reactive ketones (excluding diaryl/α,β-unsaturated/α-hetero) is 1. The van der Waals surface area contributed by atoms with E-state index in [1.807, 2.05) is 131 Å². The number of aromatic nitrogens is 3. The molecule has 92 heavy (non-hydrogen) atoms. The average molecular weight is 1340 g/mol. The average Bonchev–Trinajstić information content (AvgIpc) is 1.69. The predicted molar refractivity (Wildman–Crippen MR) is 360 cm³/mol. The van der Waals surface area contributed by atoms with Crippen LogP contribution in [0.25, 0.3) is 43.0 Å². The van der Waals surface area contributed by atoms with E-state index in [0.29, 0.717) is 50.2 Å². The number of alkyl carbamates (subject to hydrolysis) is 2. The highest BCUT2D eigenvalue weighted by Gasteiger charge is 2.40. The Hall–Kier alpha value is -8.98. The molecule has 0 aliphatic carbocycles. The summed E-state index contributed by atoms with van der Waals surface area (Å²) in [5.41, 5.74) is 8.16. The number of ketones is 1. The molecule has 20 heteroatoms. The molecule has 5 amide bonds. The summed E-state index contributed by atoms with van der Waals surface area (Å²) in [6, 6.07) is 49.8. The number of halogens is 1. The third kappa shape index (κ3) is 15.8. The molecule has 5 atom stereocenters. The number of aromatic amines is 1. The van der Waals surface area contributed by atoms with Crippen LogP contribution in [-0.2, 0) is 41.6 Å². The van der Waals surface area contributed by atoms with Crippen molar-refractivity contribution in [3.8, 4) is 32.1 Å². The molecule has 3 saturated heterocycles. The van der Waals surface area contributed by atoms with Crippen molar-refractivity contribution in [1.82, 2.24) is 40.3 Å². The molecule has 0 bridgehead atoms. The highest BCUT2D eigenvalue weighted by atomic mass is 79.9. The number of likely N-dealkylation sites (tertiary alicyclic amines) is 3. The van der Waals surface area contributed by atoms with E-state index in [1.165, 1.54) is 0 Å². The number of nitrogens with one attached hydrogen (secondary N) is 3. The quantitative estimate of drug-likeness (QED) is 0.0689. The molecule has 0 unspecified atom stereocenters. The second-order valence-corrected chi connectivity index (χ2v) is 26.7. The molecule has 3 aromatic heterocycles. The SMILES string of the molecule is CC(C)OC(=O)N[C@@H](C(=O)N1CCC[C@H]1C(=O)Cc1ccc2[nH]c(-c3ccc(-c4cnc([C@@H]5CCCN5C(=O)[C@H](NC(=O)OC(C)C)c5ccccc5)s4)cc3)cc2c1)c1ccccc1.O=C(OCc1ccccc1)N1CCC[C@H]1c1ncc(-c2ccc(Br)cc2)s1. The smallest absolute Gasteiger partial charge is 0.410 e. The number of ether oxygens (including phenoxy) is 3. The highest BCUT2D eigenvalue weighted by molar-refractivity contribution is 9.10. The zero-order valence-corrected chi connectivity index (χ0v) is 54.9. The first kappa shape index (κ1) is 64.5. The molecule has 3 aliphatic heterocycles. The zero-order chi connectivity index (χ0) is 64.3. The summed E-state index contributed by atoms with van der Waals surface area (Å²) >= 11 is 6.68. The summed E-state index contributed by atoms with van der Waals surface area (Å²) in [6.07, 6.45) is 6.40. The number of carbonyl (C=O) groups excluding carboxylic acids is 6. The van der Waals surface area contributed by atoms with Gasteiger partial charge in [-0.3, -0.25) is 19.3 Å². The predicted octanol–water partition coefficient (Wildman–Crippen LogP) is 15.5. The van der Waals surface area contributed by atoms with Crippen LogP contribution in [0, 0.1) is 0 Å². The second kappa shape index (κ2) is 30.0. The number of carbonyl (C=O) groups is 6. The van der Waals surface area contributed by atoms with Crippen molar-refractivity contribution in [1.29, 1.82) is 0 Å². The first-order chi connectivity index (χ1) is 44.6. The van der Waals surface area contributed by atoms with Gasteiger partial charge < -0.3 is 39.6 Å². The van der Waals surface area contributed by atoms with Gasteiger partial charge >= 0.3 is 18.3 Å². The number of rotatable bonds is 18. The fourth-order valence-corrected chi connectivity index (χ4v) is 14.4. The minimum Gasteiger partial charge on any atom is -0.447 e. The van der Waals surface area contributed by atoms with E-state index in [4.69, 9.17) is 19.2 Å². The Morgan fingerprint density at radius 1 is 0.565 bits per heavy atom. The lowest BCUT2D eigenvalue weighted by atomic mass is 9.99. The first-order valence-electron chi connectivity index (χ1n) is 31.2. The minimum absolute atomic E-state index is 0.00229. The third-order valence-electron chi connectivity index (χ3n) is 16.4. The van der Waals surface area contributed by atoms with Gasteiger partial charge in [-0.2, -0.15) is 0 Å². The lowest BCUT2D eigenvalue weighted by Crippen LogP contribution is -2.48. The highest BCUT2D eigenvalue weighted by Crippen LogP contribution is 2.41. The van der Waals surface area contributed by atoms with Crippen LogP contribution in [-0.4, -0.2) is 103 Å². The molecule has 9 aromatic rings. The molecule has 6 aromatic carbocycles. The van der Waals surface area contributed by atoms with Gasteiger partial charge in [-0.05, 0) is 135 Å². The van der Waals surface area contributed by atoms with Gasteiger partial charge in [0.15, 0.2) is 5.78 Å². The Balaban J connectivity index is 0.000000266. The van der Waals surface area contributed by atoms with Crippen LogP contribution in [0.3, 0.4) is 0 Å². The molecule has 3 fully saturated rings. The lowest BCUT2D eigenvalue weighted by molar-refractivity contribution is -0.139. The molecule has 3 N–H and O–H groups in total. The van der Waals surface area contributed by atoms with Gasteiger partial charge in [-0.15, -0.1) is 22.7 Å². The van der Waals surface area contributed by atoms with Crippen LogP contribution in [0.5, 0.6) is 0 Å². The number of amides is 5. The van der Waals surface area contributed by atoms with Crippen LogP contribution in [0.2, 0.25) is 0 Å². The van der Waals surface area contributed by atoms with E-state index in [-0.39, 0.29) is 54.4 Å². The topological polar surface area (TPSA) is 205 Å². The standard InChI is InChI=1S/C51H54N6O7S.C21H19BrN2O2S/c1-31(2)63-50(61)54-45(36-13-7-5-8-14-36)48(59)56-25-11-17-41(56)43(58)28-33-19-24-39-38(27-33)29-40(53-39)34-20-22-35(23-21-34)44-30-52-47(65-44)42-18-12-26-57(42)49(60)46(37-15-9-6-10-16-37)55-51(62)64-32(3)4;22-17-10-8-16(9-11-17)19-13-23-20(27-19)18-7-4-12-24(18)21(25)26-14-15-5-2-1-3-6-15/h5-10,13-16,19-24,27,29-32,41-42,45-46,53H,11-12,17-18,25-26,28H2,1-4H3,(H,54,61)(H,55,62);1-3,5-6,8-11,13,18H,4,7,12,14H2/t41-,42-,45+,46+;18-/m00/s1. The van der Waals surface area contributed by atoms with Crippen LogP contribution < -0.4 is 10.6 Å². The molecule has 17 nitrogen and oxygen atoms in total. The maximum atomic E-state index is 14.1. The fraction of sp³-hybridized carbons (Fsp3) is 0.306. The van der Waals surface area contributed by atoms with Gasteiger partial charge in [0.25, 0.3) is 11.8 Å². The third-order valence-corrected chi connectivity index (χ3v) is 19.2. The Morgan fingerprint density at radius 2 is 1.05 bits per heavy atom. The first-order valence-corrected chi connectivity index (χ1v) is 33.6. The monoisotopic (exact) mass is 1340 g/mol. The molecule has 6 heterocycles. The number of thiazole rings is 2. The Kier molecular flexibility index (Phi) is 21.0. The molecular formula is C72H73BrN8O9S2. The van der Waals surface area contributed by atoms with Gasteiger partial charge in [0, 0.05) is 59.5 Å². The largest absolute Gasteiger partial charge is 0.447 e. The van der Waals surface area contributed by atoms with Crippen molar-refractivity contribution in [2.24, 2.45) is 0 Å². The number of hydrogen-bond donors (Lipinski definition) is 3. The van der Waals surface area contributed by atoms with Gasteiger partial charge in [0.05, 0.1) is 40.1 Å². The number of hydrogen-bond acceptors (Lipinski definition) is 13. The molecule has 3 aliphatic rings. The Bertz CT molecular complexity index is 4010. The van der Waals surface area contributed by atoms with Crippen LogP contribution in [0.1, 0.15) is 123 Å². The van der Waals surface area contributed by atoms with Crippen molar-refractivity contribution >= 4 is 85.4 Å². The Morgan fingerprint density at radius 3 is 1.62 bits per heavy atom.